The largest absolute Gasteiger partial charge is 0.385 e. The number of aromatic nitrogens is 1. The molecule has 2 rings (SSSR count). The quantitative estimate of drug-likeness (QED) is 0.417. The molecule has 1 heterocycles. The standard InChI is InChI=1S/C17H22N4O/c1-22-12-6-11-19-17(18)21-16-10-5-9-15(20-16)13-14-7-3-2-4-8-14/h2-5,7-10H,6,11-13H2,1H3,(H3,18,19,20,21). The Morgan fingerprint density at radius 1 is 1.14 bits per heavy atom. The van der Waals surface area contributed by atoms with Gasteiger partial charge in [-0.25, -0.2) is 4.98 Å². The maximum Gasteiger partial charge on any atom is 0.194 e. The third-order valence-electron chi connectivity index (χ3n) is 3.11. The number of methoxy groups -OCH3 is 1. The molecule has 0 bridgehead atoms. The van der Waals surface area contributed by atoms with Gasteiger partial charge >= 0.3 is 0 Å². The third kappa shape index (κ3) is 5.54. The molecule has 0 unspecified atom stereocenters. The van der Waals surface area contributed by atoms with Gasteiger partial charge in [-0.05, 0) is 24.1 Å². The number of pyridine rings is 1. The van der Waals surface area contributed by atoms with E-state index in [1.807, 2.05) is 36.4 Å². The first-order valence-electron chi connectivity index (χ1n) is 7.36. The lowest BCUT2D eigenvalue weighted by atomic mass is 10.1. The molecule has 0 atom stereocenters. The molecule has 5 heteroatoms. The third-order valence-corrected chi connectivity index (χ3v) is 3.11. The monoisotopic (exact) mass is 298 g/mol. The van der Waals surface area contributed by atoms with E-state index in [1.54, 1.807) is 7.11 Å². The molecule has 0 amide bonds. The van der Waals surface area contributed by atoms with Crippen LogP contribution >= 0.6 is 0 Å². The van der Waals surface area contributed by atoms with Crippen molar-refractivity contribution in [1.29, 1.82) is 5.41 Å². The number of guanidine groups is 1. The van der Waals surface area contributed by atoms with Crippen molar-refractivity contribution in [1.82, 2.24) is 10.3 Å². The van der Waals surface area contributed by atoms with Crippen molar-refractivity contribution < 1.29 is 4.74 Å². The van der Waals surface area contributed by atoms with Gasteiger partial charge in [0.05, 0.1) is 0 Å². The lowest BCUT2D eigenvalue weighted by Crippen LogP contribution is -2.31. The molecule has 0 radical (unpaired) electrons. The molecule has 22 heavy (non-hydrogen) atoms. The van der Waals surface area contributed by atoms with Gasteiger partial charge < -0.3 is 15.4 Å². The first-order valence-corrected chi connectivity index (χ1v) is 7.36. The lowest BCUT2D eigenvalue weighted by Gasteiger charge is -2.10. The summed E-state index contributed by atoms with van der Waals surface area (Å²) in [5.74, 6) is 0.929. The van der Waals surface area contributed by atoms with Crippen LogP contribution in [0.5, 0.6) is 0 Å². The topological polar surface area (TPSA) is 70.0 Å². The number of nitrogens with one attached hydrogen (secondary N) is 3. The zero-order valence-corrected chi connectivity index (χ0v) is 12.8. The van der Waals surface area contributed by atoms with E-state index in [9.17, 15) is 0 Å². The minimum absolute atomic E-state index is 0.250. The second-order valence-electron chi connectivity index (χ2n) is 4.95. The van der Waals surface area contributed by atoms with Gasteiger partial charge in [-0.15, -0.1) is 0 Å². The van der Waals surface area contributed by atoms with E-state index in [0.717, 1.165) is 18.5 Å². The fourth-order valence-corrected chi connectivity index (χ4v) is 2.05. The van der Waals surface area contributed by atoms with Crippen LogP contribution in [0.25, 0.3) is 0 Å². The highest BCUT2D eigenvalue weighted by Gasteiger charge is 2.02. The van der Waals surface area contributed by atoms with Crippen LogP contribution in [-0.2, 0) is 11.2 Å². The maximum atomic E-state index is 7.85. The van der Waals surface area contributed by atoms with E-state index >= 15 is 0 Å². The number of hydrogen-bond acceptors (Lipinski definition) is 3. The molecular formula is C17H22N4O. The first kappa shape index (κ1) is 16.0. The average molecular weight is 298 g/mol. The summed E-state index contributed by atoms with van der Waals surface area (Å²) in [5.41, 5.74) is 2.20. The maximum absolute atomic E-state index is 7.85. The highest BCUT2D eigenvalue weighted by Crippen LogP contribution is 2.10. The van der Waals surface area contributed by atoms with E-state index < -0.39 is 0 Å². The normalized spacial score (nSPS) is 10.2. The van der Waals surface area contributed by atoms with E-state index in [4.69, 9.17) is 10.1 Å². The highest BCUT2D eigenvalue weighted by atomic mass is 16.5. The molecule has 3 N–H and O–H groups in total. The van der Waals surface area contributed by atoms with Gasteiger partial charge in [0.25, 0.3) is 0 Å². The van der Waals surface area contributed by atoms with Gasteiger partial charge in [0, 0.05) is 32.4 Å². The van der Waals surface area contributed by atoms with Crippen LogP contribution in [-0.4, -0.2) is 31.2 Å². The number of rotatable bonds is 7. The summed E-state index contributed by atoms with van der Waals surface area (Å²) >= 11 is 0. The van der Waals surface area contributed by atoms with Gasteiger partial charge in [0.2, 0.25) is 0 Å². The van der Waals surface area contributed by atoms with Gasteiger partial charge in [-0.2, -0.15) is 0 Å². The summed E-state index contributed by atoms with van der Waals surface area (Å²) in [4.78, 5) is 4.54. The van der Waals surface area contributed by atoms with Crippen LogP contribution in [0.1, 0.15) is 17.7 Å². The molecule has 0 aliphatic rings. The SMILES string of the molecule is COCCCNC(=N)Nc1cccc(Cc2ccccc2)n1. The van der Waals surface area contributed by atoms with Crippen LogP contribution in [0, 0.1) is 5.41 Å². The zero-order chi connectivity index (χ0) is 15.6. The summed E-state index contributed by atoms with van der Waals surface area (Å²) in [7, 11) is 1.67. The Bertz CT molecular complexity index is 586. The van der Waals surface area contributed by atoms with Crippen LogP contribution in [0.4, 0.5) is 5.82 Å². The molecule has 116 valence electrons. The second-order valence-corrected chi connectivity index (χ2v) is 4.95. The van der Waals surface area contributed by atoms with Crippen LogP contribution in [0.2, 0.25) is 0 Å². The summed E-state index contributed by atoms with van der Waals surface area (Å²) in [6, 6.07) is 16.0. The van der Waals surface area contributed by atoms with Crippen molar-refractivity contribution in [3.63, 3.8) is 0 Å². The predicted molar refractivity (Wildman–Crippen MR) is 89.3 cm³/mol. The fourth-order valence-electron chi connectivity index (χ4n) is 2.05. The Labute approximate surface area is 131 Å². The Kier molecular flexibility index (Phi) is 6.39. The van der Waals surface area contributed by atoms with E-state index in [1.165, 1.54) is 5.56 Å². The highest BCUT2D eigenvalue weighted by molar-refractivity contribution is 5.90. The molecule has 0 saturated heterocycles. The zero-order valence-electron chi connectivity index (χ0n) is 12.8. The molecule has 0 aliphatic carbocycles. The molecule has 5 nitrogen and oxygen atoms in total. The smallest absolute Gasteiger partial charge is 0.194 e. The molecule has 0 aliphatic heterocycles. The summed E-state index contributed by atoms with van der Waals surface area (Å²) in [6.45, 7) is 1.38. The number of nitrogens with zero attached hydrogens (tertiary/aromatic N) is 1. The fraction of sp³-hybridized carbons (Fsp3) is 0.294. The predicted octanol–water partition coefficient (Wildman–Crippen LogP) is 2.65. The van der Waals surface area contributed by atoms with Crippen LogP contribution < -0.4 is 10.6 Å². The average Bonchev–Trinajstić information content (AvgIpc) is 2.53. The Morgan fingerprint density at radius 3 is 2.73 bits per heavy atom. The Balaban J connectivity index is 1.87. The van der Waals surface area contributed by atoms with Crippen molar-refractivity contribution in [2.45, 2.75) is 12.8 Å². The van der Waals surface area contributed by atoms with E-state index in [-0.39, 0.29) is 5.96 Å². The number of ether oxygens (including phenoxy) is 1. The Morgan fingerprint density at radius 2 is 1.95 bits per heavy atom. The van der Waals surface area contributed by atoms with Crippen molar-refractivity contribution >= 4 is 11.8 Å². The summed E-state index contributed by atoms with van der Waals surface area (Å²) < 4.78 is 4.97. The molecule has 2 aromatic rings. The molecular weight excluding hydrogens is 276 g/mol. The van der Waals surface area contributed by atoms with Crippen molar-refractivity contribution in [3.05, 3.63) is 59.8 Å². The van der Waals surface area contributed by atoms with Crippen molar-refractivity contribution in [2.75, 3.05) is 25.6 Å². The number of benzene rings is 1. The van der Waals surface area contributed by atoms with Gasteiger partial charge in [-0.3, -0.25) is 5.41 Å². The molecule has 0 fully saturated rings. The van der Waals surface area contributed by atoms with Gasteiger partial charge in [0.15, 0.2) is 5.96 Å². The van der Waals surface area contributed by atoms with Crippen molar-refractivity contribution in [3.8, 4) is 0 Å². The number of anilines is 1. The summed E-state index contributed by atoms with van der Waals surface area (Å²) in [6.07, 6.45) is 1.65. The molecule has 1 aromatic carbocycles. The minimum Gasteiger partial charge on any atom is -0.385 e. The van der Waals surface area contributed by atoms with Gasteiger partial charge in [-0.1, -0.05) is 36.4 Å². The molecule has 1 aromatic heterocycles. The number of hydrogen-bond donors (Lipinski definition) is 3. The van der Waals surface area contributed by atoms with Crippen LogP contribution in [0.3, 0.4) is 0 Å². The lowest BCUT2D eigenvalue weighted by molar-refractivity contribution is 0.195. The summed E-state index contributed by atoms with van der Waals surface area (Å²) in [5, 5.41) is 13.8. The van der Waals surface area contributed by atoms with Gasteiger partial charge in [0.1, 0.15) is 5.82 Å². The molecule has 0 saturated carbocycles. The first-order chi connectivity index (χ1) is 10.8. The van der Waals surface area contributed by atoms with E-state index in [2.05, 4.69) is 27.8 Å². The minimum atomic E-state index is 0.250. The Hall–Kier alpha value is -2.40. The second kappa shape index (κ2) is 8.79. The van der Waals surface area contributed by atoms with E-state index in [0.29, 0.717) is 19.0 Å². The van der Waals surface area contributed by atoms with Crippen LogP contribution in [0.15, 0.2) is 48.5 Å². The molecule has 0 spiro atoms. The van der Waals surface area contributed by atoms with Crippen molar-refractivity contribution in [2.24, 2.45) is 0 Å².